The first-order chi connectivity index (χ1) is 5.81. The van der Waals surface area contributed by atoms with Crippen LogP contribution in [0.25, 0.3) is 0 Å². The molecule has 2 saturated heterocycles. The van der Waals surface area contributed by atoms with Gasteiger partial charge in [0.15, 0.2) is 0 Å². The zero-order valence-corrected chi connectivity index (χ0v) is 8.21. The lowest BCUT2D eigenvalue weighted by atomic mass is 9.81. The van der Waals surface area contributed by atoms with Gasteiger partial charge in [-0.05, 0) is 44.8 Å². The Bertz CT molecular complexity index is 156. The molecule has 1 N–H and O–H groups in total. The Balaban J connectivity index is 2.03. The van der Waals surface area contributed by atoms with Gasteiger partial charge in [-0.3, -0.25) is 0 Å². The molecule has 0 unspecified atom stereocenters. The van der Waals surface area contributed by atoms with Crippen LogP contribution >= 0.6 is 0 Å². The van der Waals surface area contributed by atoms with E-state index in [9.17, 15) is 0 Å². The van der Waals surface area contributed by atoms with Crippen LogP contribution in [0.2, 0.25) is 0 Å². The van der Waals surface area contributed by atoms with Gasteiger partial charge >= 0.3 is 0 Å². The van der Waals surface area contributed by atoms with E-state index in [2.05, 4.69) is 24.1 Å². The van der Waals surface area contributed by atoms with E-state index in [1.165, 1.54) is 32.6 Å². The smallest absolute Gasteiger partial charge is 0.0107 e. The predicted octanol–water partition coefficient (Wildman–Crippen LogP) is 0.936. The fourth-order valence-corrected chi connectivity index (χ4v) is 2.79. The molecule has 2 aliphatic heterocycles. The van der Waals surface area contributed by atoms with Gasteiger partial charge in [-0.25, -0.2) is 0 Å². The lowest BCUT2D eigenvalue weighted by Crippen LogP contribution is -2.55. The molecule has 2 rings (SSSR count). The molecule has 3 atom stereocenters. The van der Waals surface area contributed by atoms with Crippen molar-refractivity contribution in [1.29, 1.82) is 0 Å². The van der Waals surface area contributed by atoms with Crippen molar-refractivity contribution < 1.29 is 0 Å². The summed E-state index contributed by atoms with van der Waals surface area (Å²) in [5.41, 5.74) is 0. The summed E-state index contributed by atoms with van der Waals surface area (Å²) in [5.74, 6) is 1.84. The van der Waals surface area contributed by atoms with Crippen molar-refractivity contribution in [3.05, 3.63) is 0 Å². The number of likely N-dealkylation sites (tertiary alicyclic amines) is 1. The molecule has 0 spiro atoms. The quantitative estimate of drug-likeness (QED) is 0.627. The molecule has 2 heteroatoms. The predicted molar refractivity (Wildman–Crippen MR) is 51.2 cm³/mol. The molecule has 0 radical (unpaired) electrons. The molecule has 0 amide bonds. The Labute approximate surface area is 75.3 Å². The van der Waals surface area contributed by atoms with Gasteiger partial charge < -0.3 is 10.2 Å². The number of nitrogens with one attached hydrogen (secondary N) is 1. The Morgan fingerprint density at radius 1 is 1.42 bits per heavy atom. The van der Waals surface area contributed by atoms with E-state index in [1.807, 2.05) is 0 Å². The highest BCUT2D eigenvalue weighted by Gasteiger charge is 2.34. The molecule has 12 heavy (non-hydrogen) atoms. The molecule has 2 fully saturated rings. The van der Waals surface area contributed by atoms with Crippen LogP contribution in [-0.4, -0.2) is 37.1 Å². The SMILES string of the molecule is CCN1C[C@H]2CNC[C@@H](C2)[C@@H]1C. The summed E-state index contributed by atoms with van der Waals surface area (Å²) in [5, 5.41) is 3.54. The Hall–Kier alpha value is -0.0800. The van der Waals surface area contributed by atoms with Gasteiger partial charge in [0.1, 0.15) is 0 Å². The summed E-state index contributed by atoms with van der Waals surface area (Å²) in [4.78, 5) is 2.64. The second-order valence-corrected chi connectivity index (χ2v) is 4.35. The van der Waals surface area contributed by atoms with Crippen molar-refractivity contribution in [2.45, 2.75) is 26.3 Å². The minimum absolute atomic E-state index is 0.805. The summed E-state index contributed by atoms with van der Waals surface area (Å²) in [6.45, 7) is 9.71. The van der Waals surface area contributed by atoms with Crippen molar-refractivity contribution >= 4 is 0 Å². The topological polar surface area (TPSA) is 15.3 Å². The lowest BCUT2D eigenvalue weighted by Gasteiger charge is -2.46. The average molecular weight is 168 g/mol. The van der Waals surface area contributed by atoms with Crippen LogP contribution in [0, 0.1) is 11.8 Å². The molecule has 2 nitrogen and oxygen atoms in total. The molecule has 0 aliphatic carbocycles. The average Bonchev–Trinajstić information content (AvgIpc) is 2.12. The van der Waals surface area contributed by atoms with Gasteiger partial charge in [0.2, 0.25) is 0 Å². The third-order valence-corrected chi connectivity index (χ3v) is 3.63. The minimum atomic E-state index is 0.805. The molecule has 2 bridgehead atoms. The van der Waals surface area contributed by atoms with Crippen LogP contribution in [0.3, 0.4) is 0 Å². The van der Waals surface area contributed by atoms with Gasteiger partial charge in [0.05, 0.1) is 0 Å². The Morgan fingerprint density at radius 2 is 2.25 bits per heavy atom. The fraction of sp³-hybridized carbons (Fsp3) is 1.00. The maximum absolute atomic E-state index is 3.54. The van der Waals surface area contributed by atoms with Gasteiger partial charge in [0, 0.05) is 12.6 Å². The maximum Gasteiger partial charge on any atom is 0.0107 e. The number of piperidine rings is 2. The maximum atomic E-state index is 3.54. The molecule has 0 aromatic rings. The van der Waals surface area contributed by atoms with Crippen LogP contribution in [0.1, 0.15) is 20.3 Å². The van der Waals surface area contributed by atoms with Crippen LogP contribution < -0.4 is 5.32 Å². The third-order valence-electron chi connectivity index (χ3n) is 3.63. The second kappa shape index (κ2) is 3.35. The Morgan fingerprint density at radius 3 is 3.00 bits per heavy atom. The van der Waals surface area contributed by atoms with Crippen molar-refractivity contribution in [3.8, 4) is 0 Å². The molecule has 0 saturated carbocycles. The largest absolute Gasteiger partial charge is 0.316 e. The van der Waals surface area contributed by atoms with Crippen molar-refractivity contribution in [1.82, 2.24) is 10.2 Å². The number of hydrogen-bond acceptors (Lipinski definition) is 2. The second-order valence-electron chi connectivity index (χ2n) is 4.35. The van der Waals surface area contributed by atoms with Crippen LogP contribution in [0.5, 0.6) is 0 Å². The third kappa shape index (κ3) is 1.38. The zero-order valence-electron chi connectivity index (χ0n) is 8.21. The van der Waals surface area contributed by atoms with E-state index >= 15 is 0 Å². The number of nitrogens with zero attached hydrogens (tertiary/aromatic N) is 1. The van der Waals surface area contributed by atoms with Crippen LogP contribution in [-0.2, 0) is 0 Å². The standard InChI is InChI=1S/C10H20N2/c1-3-12-7-9-4-10(8(12)2)6-11-5-9/h8-11H,3-7H2,1-2H3/t8-,9+,10+/m0/s1. The summed E-state index contributed by atoms with van der Waals surface area (Å²) in [6.07, 6.45) is 1.46. The molecule has 2 aliphatic rings. The highest BCUT2D eigenvalue weighted by atomic mass is 15.2. The summed E-state index contributed by atoms with van der Waals surface area (Å²) in [6, 6.07) is 0.805. The van der Waals surface area contributed by atoms with E-state index in [-0.39, 0.29) is 0 Å². The van der Waals surface area contributed by atoms with E-state index in [0.717, 1.165) is 17.9 Å². The highest BCUT2D eigenvalue weighted by molar-refractivity contribution is 4.90. The first-order valence-electron chi connectivity index (χ1n) is 5.26. The number of rotatable bonds is 1. The van der Waals surface area contributed by atoms with E-state index < -0.39 is 0 Å². The van der Waals surface area contributed by atoms with E-state index in [4.69, 9.17) is 0 Å². The first kappa shape index (κ1) is 8.52. The summed E-state index contributed by atoms with van der Waals surface area (Å²) in [7, 11) is 0. The molecular weight excluding hydrogens is 148 g/mol. The normalized spacial score (nSPS) is 43.0. The van der Waals surface area contributed by atoms with Gasteiger partial charge in [-0.15, -0.1) is 0 Å². The summed E-state index contributed by atoms with van der Waals surface area (Å²) < 4.78 is 0. The van der Waals surface area contributed by atoms with Crippen molar-refractivity contribution in [3.63, 3.8) is 0 Å². The molecule has 70 valence electrons. The molecule has 0 aromatic carbocycles. The number of fused-ring (bicyclic) bond motifs is 2. The van der Waals surface area contributed by atoms with Crippen LogP contribution in [0.15, 0.2) is 0 Å². The molecule has 0 aromatic heterocycles. The first-order valence-corrected chi connectivity index (χ1v) is 5.26. The minimum Gasteiger partial charge on any atom is -0.316 e. The zero-order chi connectivity index (χ0) is 8.55. The van der Waals surface area contributed by atoms with Crippen LogP contribution in [0.4, 0.5) is 0 Å². The lowest BCUT2D eigenvalue weighted by molar-refractivity contribution is 0.0483. The van der Waals surface area contributed by atoms with Gasteiger partial charge in [-0.1, -0.05) is 6.92 Å². The van der Waals surface area contributed by atoms with E-state index in [1.54, 1.807) is 0 Å². The summed E-state index contributed by atoms with van der Waals surface area (Å²) >= 11 is 0. The van der Waals surface area contributed by atoms with Crippen molar-refractivity contribution in [2.24, 2.45) is 11.8 Å². The fourth-order valence-electron chi connectivity index (χ4n) is 2.79. The molecule has 2 heterocycles. The number of hydrogen-bond donors (Lipinski definition) is 1. The Kier molecular flexibility index (Phi) is 2.37. The monoisotopic (exact) mass is 168 g/mol. The van der Waals surface area contributed by atoms with Gasteiger partial charge in [-0.2, -0.15) is 0 Å². The van der Waals surface area contributed by atoms with E-state index in [0.29, 0.717) is 0 Å². The highest BCUT2D eigenvalue weighted by Crippen LogP contribution is 2.29. The van der Waals surface area contributed by atoms with Gasteiger partial charge in [0.25, 0.3) is 0 Å². The molecular formula is C10H20N2. The van der Waals surface area contributed by atoms with Crippen molar-refractivity contribution in [2.75, 3.05) is 26.2 Å².